The lowest BCUT2D eigenvalue weighted by molar-refractivity contribution is -0.224. The fraction of sp³-hybridized carbons (Fsp3) is 0.105. The van der Waals surface area contributed by atoms with Crippen LogP contribution in [-0.4, -0.2) is 16.0 Å². The van der Waals surface area contributed by atoms with Crippen LogP contribution in [0.5, 0.6) is 5.75 Å². The van der Waals surface area contributed by atoms with E-state index in [-0.39, 0.29) is 5.56 Å². The molecule has 0 amide bonds. The Balaban J connectivity index is 1.88. The molecule has 0 radical (unpaired) electrons. The normalized spacial score (nSPS) is 27.5. The lowest BCUT2D eigenvalue weighted by Crippen LogP contribution is -2.48. The molecule has 1 aliphatic carbocycles. The number of hydrogen-bond donors (Lipinski definition) is 2. The highest BCUT2D eigenvalue weighted by Gasteiger charge is 2.70. The molecule has 0 fully saturated rings. The third kappa shape index (κ3) is 1.24. The van der Waals surface area contributed by atoms with Gasteiger partial charge < -0.3 is 14.9 Å². The van der Waals surface area contributed by atoms with Crippen molar-refractivity contribution in [1.29, 1.82) is 0 Å². The van der Waals surface area contributed by atoms with Crippen LogP contribution in [0.3, 0.4) is 0 Å². The SMILES string of the molecule is O=C1c2ccccc2C2(O)Oc3c(ccc4ccccc34)C12O. The first-order chi connectivity index (χ1) is 11.1. The summed E-state index contributed by atoms with van der Waals surface area (Å²) in [5, 5.41) is 23.9. The fourth-order valence-corrected chi connectivity index (χ4v) is 3.74. The minimum Gasteiger partial charge on any atom is -0.453 e. The van der Waals surface area contributed by atoms with Gasteiger partial charge in [-0.2, -0.15) is 0 Å². The molecule has 3 aromatic carbocycles. The van der Waals surface area contributed by atoms with Crippen LogP contribution in [0, 0.1) is 0 Å². The van der Waals surface area contributed by atoms with Crippen molar-refractivity contribution in [3.05, 3.63) is 77.4 Å². The zero-order chi connectivity index (χ0) is 15.8. The van der Waals surface area contributed by atoms with Crippen molar-refractivity contribution in [3.63, 3.8) is 0 Å². The molecule has 0 spiro atoms. The Morgan fingerprint density at radius 1 is 0.826 bits per heavy atom. The van der Waals surface area contributed by atoms with Gasteiger partial charge in [0.05, 0.1) is 0 Å². The molecule has 0 saturated heterocycles. The first-order valence-corrected chi connectivity index (χ1v) is 7.37. The number of hydrogen-bond acceptors (Lipinski definition) is 4. The number of ketones is 1. The molecule has 4 heteroatoms. The molecule has 4 nitrogen and oxygen atoms in total. The molecule has 0 saturated carbocycles. The maximum absolute atomic E-state index is 12.8. The summed E-state index contributed by atoms with van der Waals surface area (Å²) in [5.74, 6) is -2.27. The number of ether oxygens (including phenoxy) is 1. The monoisotopic (exact) mass is 304 g/mol. The molecule has 2 atom stereocenters. The standard InChI is InChI=1S/C19H12O4/c20-17-13-7-3-4-8-14(13)19(22)18(17,21)15-10-9-11-5-1-2-6-12(11)16(15)23-19/h1-10,21-22H. The van der Waals surface area contributed by atoms with Crippen LogP contribution in [0.15, 0.2) is 60.7 Å². The van der Waals surface area contributed by atoms with E-state index in [1.165, 1.54) is 0 Å². The van der Waals surface area contributed by atoms with Gasteiger partial charge in [0.25, 0.3) is 5.79 Å². The molecule has 0 bridgehead atoms. The van der Waals surface area contributed by atoms with E-state index in [2.05, 4.69) is 0 Å². The predicted molar refractivity (Wildman–Crippen MR) is 83.1 cm³/mol. The van der Waals surface area contributed by atoms with Gasteiger partial charge in [0, 0.05) is 22.1 Å². The fourth-order valence-electron chi connectivity index (χ4n) is 3.74. The zero-order valence-corrected chi connectivity index (χ0v) is 12.0. The smallest absolute Gasteiger partial charge is 0.276 e. The Morgan fingerprint density at radius 2 is 1.57 bits per heavy atom. The van der Waals surface area contributed by atoms with Gasteiger partial charge in [-0.15, -0.1) is 0 Å². The Kier molecular flexibility index (Phi) is 2.11. The Hall–Kier alpha value is -2.69. The summed E-state index contributed by atoms with van der Waals surface area (Å²) in [6.07, 6.45) is 0. The maximum Gasteiger partial charge on any atom is 0.276 e. The van der Waals surface area contributed by atoms with E-state index in [0.29, 0.717) is 16.9 Å². The summed E-state index contributed by atoms with van der Waals surface area (Å²) in [4.78, 5) is 12.8. The quantitative estimate of drug-likeness (QED) is 0.669. The molecule has 3 aromatic rings. The topological polar surface area (TPSA) is 66.8 Å². The minimum absolute atomic E-state index is 0.288. The van der Waals surface area contributed by atoms with Gasteiger partial charge in [-0.05, 0) is 5.39 Å². The largest absolute Gasteiger partial charge is 0.453 e. The highest BCUT2D eigenvalue weighted by atomic mass is 16.7. The van der Waals surface area contributed by atoms with E-state index in [1.54, 1.807) is 30.3 Å². The zero-order valence-electron chi connectivity index (χ0n) is 12.0. The van der Waals surface area contributed by atoms with Gasteiger partial charge in [-0.25, -0.2) is 0 Å². The van der Waals surface area contributed by atoms with Crippen LogP contribution in [0.2, 0.25) is 0 Å². The maximum atomic E-state index is 12.8. The van der Waals surface area contributed by atoms with Crippen LogP contribution < -0.4 is 4.74 Å². The predicted octanol–water partition coefficient (Wildman–Crippen LogP) is 2.46. The lowest BCUT2D eigenvalue weighted by atomic mass is 9.86. The summed E-state index contributed by atoms with van der Waals surface area (Å²) in [6.45, 7) is 0. The molecule has 2 unspecified atom stereocenters. The average Bonchev–Trinajstić information content (AvgIpc) is 2.92. The number of Topliss-reactive ketones (excluding diaryl/α,β-unsaturated/α-hetero) is 1. The van der Waals surface area contributed by atoms with Crippen LogP contribution in [0.25, 0.3) is 10.8 Å². The van der Waals surface area contributed by atoms with Gasteiger partial charge in [0.1, 0.15) is 5.75 Å². The molecule has 1 aliphatic heterocycles. The number of aliphatic hydroxyl groups is 2. The first kappa shape index (κ1) is 12.8. The number of benzene rings is 3. The molecule has 1 heterocycles. The van der Waals surface area contributed by atoms with Crippen molar-refractivity contribution in [1.82, 2.24) is 0 Å². The number of rotatable bonds is 0. The number of fused-ring (bicyclic) bond motifs is 7. The van der Waals surface area contributed by atoms with E-state index in [4.69, 9.17) is 4.74 Å². The Labute approximate surface area is 131 Å². The van der Waals surface area contributed by atoms with Gasteiger partial charge in [-0.1, -0.05) is 60.7 Å². The molecule has 0 aromatic heterocycles. The van der Waals surface area contributed by atoms with Gasteiger partial charge in [-0.3, -0.25) is 4.79 Å². The van der Waals surface area contributed by atoms with E-state index in [0.717, 1.165) is 10.8 Å². The molecule has 5 rings (SSSR count). The summed E-state index contributed by atoms with van der Waals surface area (Å²) in [6, 6.07) is 17.6. The Bertz CT molecular complexity index is 1010. The molecular formula is C19H12O4. The average molecular weight is 304 g/mol. The second-order valence-electron chi connectivity index (χ2n) is 5.99. The molecule has 2 N–H and O–H groups in total. The van der Waals surface area contributed by atoms with Crippen molar-refractivity contribution in [2.24, 2.45) is 0 Å². The molecule has 112 valence electrons. The van der Waals surface area contributed by atoms with Gasteiger partial charge in [0.2, 0.25) is 11.4 Å². The third-order valence-corrected chi connectivity index (χ3v) is 4.87. The second-order valence-corrected chi connectivity index (χ2v) is 5.99. The summed E-state index contributed by atoms with van der Waals surface area (Å²) in [5.41, 5.74) is -1.22. The highest BCUT2D eigenvalue weighted by molar-refractivity contribution is 6.10. The summed E-state index contributed by atoms with van der Waals surface area (Å²) >= 11 is 0. The number of carbonyl (C=O) groups is 1. The van der Waals surface area contributed by atoms with Gasteiger partial charge in [0.15, 0.2) is 0 Å². The van der Waals surface area contributed by atoms with Gasteiger partial charge >= 0.3 is 0 Å². The van der Waals surface area contributed by atoms with Crippen LogP contribution in [0.4, 0.5) is 0 Å². The first-order valence-electron chi connectivity index (χ1n) is 7.37. The van der Waals surface area contributed by atoms with E-state index in [9.17, 15) is 15.0 Å². The molecule has 23 heavy (non-hydrogen) atoms. The summed E-state index contributed by atoms with van der Waals surface area (Å²) < 4.78 is 5.82. The minimum atomic E-state index is -2.12. The van der Waals surface area contributed by atoms with Crippen molar-refractivity contribution >= 4 is 16.6 Å². The lowest BCUT2D eigenvalue weighted by Gasteiger charge is -2.28. The van der Waals surface area contributed by atoms with Crippen LogP contribution in [-0.2, 0) is 11.4 Å². The van der Waals surface area contributed by atoms with Crippen molar-refractivity contribution < 1.29 is 19.7 Å². The van der Waals surface area contributed by atoms with Crippen molar-refractivity contribution in [2.45, 2.75) is 11.4 Å². The summed E-state index contributed by atoms with van der Waals surface area (Å²) in [7, 11) is 0. The number of carbonyl (C=O) groups excluding carboxylic acids is 1. The van der Waals surface area contributed by atoms with Crippen molar-refractivity contribution in [2.75, 3.05) is 0 Å². The third-order valence-electron chi connectivity index (χ3n) is 4.87. The second kappa shape index (κ2) is 3.79. The van der Waals surface area contributed by atoms with E-state index >= 15 is 0 Å². The highest BCUT2D eigenvalue weighted by Crippen LogP contribution is 2.59. The molecule has 2 aliphatic rings. The van der Waals surface area contributed by atoms with Crippen molar-refractivity contribution in [3.8, 4) is 5.75 Å². The molecular weight excluding hydrogens is 292 g/mol. The van der Waals surface area contributed by atoms with Crippen LogP contribution in [0.1, 0.15) is 21.5 Å². The van der Waals surface area contributed by atoms with E-state index in [1.807, 2.05) is 30.3 Å². The Morgan fingerprint density at radius 3 is 2.43 bits per heavy atom. The van der Waals surface area contributed by atoms with E-state index < -0.39 is 17.2 Å². The van der Waals surface area contributed by atoms with Crippen LogP contribution >= 0.6 is 0 Å².